The lowest BCUT2D eigenvalue weighted by Gasteiger charge is -2.26. The van der Waals surface area contributed by atoms with Crippen LogP contribution in [0, 0.1) is 6.92 Å². The van der Waals surface area contributed by atoms with Gasteiger partial charge in [0.05, 0.1) is 6.10 Å². The van der Waals surface area contributed by atoms with Crippen LogP contribution in [0.4, 0.5) is 11.4 Å². The van der Waals surface area contributed by atoms with Crippen molar-refractivity contribution in [2.75, 3.05) is 10.6 Å². The van der Waals surface area contributed by atoms with E-state index in [0.29, 0.717) is 17.8 Å². The molecule has 1 aliphatic carbocycles. The Bertz CT molecular complexity index is 580. The summed E-state index contributed by atoms with van der Waals surface area (Å²) >= 11 is 0. The van der Waals surface area contributed by atoms with Crippen LogP contribution in [0.25, 0.3) is 0 Å². The second-order valence-corrected chi connectivity index (χ2v) is 6.44. The molecular weight excluding hydrogens is 304 g/mol. The van der Waals surface area contributed by atoms with E-state index in [4.69, 9.17) is 4.74 Å². The Morgan fingerprint density at radius 3 is 2.38 bits per heavy atom. The van der Waals surface area contributed by atoms with Crippen molar-refractivity contribution in [2.24, 2.45) is 0 Å². The zero-order valence-corrected chi connectivity index (χ0v) is 14.9. The Morgan fingerprint density at radius 2 is 1.79 bits per heavy atom. The van der Waals surface area contributed by atoms with Crippen LogP contribution in [0.15, 0.2) is 18.2 Å². The summed E-state index contributed by atoms with van der Waals surface area (Å²) in [5.41, 5.74) is 2.26. The van der Waals surface area contributed by atoms with E-state index in [1.165, 1.54) is 26.2 Å². The molecule has 0 heterocycles. The average molecular weight is 332 g/mol. The number of nitrogens with one attached hydrogen (secondary N) is 2. The van der Waals surface area contributed by atoms with Gasteiger partial charge < -0.3 is 15.4 Å². The topological polar surface area (TPSA) is 67.4 Å². The predicted molar refractivity (Wildman–Crippen MR) is 96.1 cm³/mol. The van der Waals surface area contributed by atoms with Gasteiger partial charge in [-0.2, -0.15) is 0 Å². The number of amides is 2. The molecule has 1 aromatic rings. The maximum Gasteiger partial charge on any atom is 0.253 e. The third kappa shape index (κ3) is 5.06. The van der Waals surface area contributed by atoms with Crippen LogP contribution in [0.5, 0.6) is 0 Å². The third-order valence-corrected chi connectivity index (χ3v) is 4.47. The Labute approximate surface area is 144 Å². The van der Waals surface area contributed by atoms with Crippen LogP contribution < -0.4 is 10.6 Å². The minimum Gasteiger partial charge on any atom is -0.365 e. The number of anilines is 2. The monoisotopic (exact) mass is 332 g/mol. The first kappa shape index (κ1) is 18.5. The minimum atomic E-state index is -0.433. The average Bonchev–Trinajstić information content (AvgIpc) is 2.56. The lowest BCUT2D eigenvalue weighted by atomic mass is 9.97. The van der Waals surface area contributed by atoms with Gasteiger partial charge in [-0.3, -0.25) is 9.59 Å². The second-order valence-electron chi connectivity index (χ2n) is 6.44. The first-order valence-corrected chi connectivity index (χ1v) is 8.84. The van der Waals surface area contributed by atoms with E-state index in [9.17, 15) is 9.59 Å². The maximum atomic E-state index is 12.6. The van der Waals surface area contributed by atoms with Gasteiger partial charge in [-0.1, -0.05) is 32.3 Å². The third-order valence-electron chi connectivity index (χ3n) is 4.47. The van der Waals surface area contributed by atoms with Gasteiger partial charge in [0.1, 0.15) is 6.10 Å². The number of hydrogen-bond acceptors (Lipinski definition) is 3. The lowest BCUT2D eigenvalue weighted by molar-refractivity contribution is -0.132. The zero-order valence-electron chi connectivity index (χ0n) is 14.9. The van der Waals surface area contributed by atoms with Gasteiger partial charge >= 0.3 is 0 Å². The van der Waals surface area contributed by atoms with E-state index in [1.807, 2.05) is 32.0 Å². The van der Waals surface area contributed by atoms with E-state index in [1.54, 1.807) is 0 Å². The molecule has 5 nitrogen and oxygen atoms in total. The quantitative estimate of drug-likeness (QED) is 0.827. The molecule has 1 atom stereocenters. The Hall–Kier alpha value is -1.88. The van der Waals surface area contributed by atoms with Gasteiger partial charge in [0.2, 0.25) is 5.91 Å². The number of carbonyl (C=O) groups is 2. The molecule has 0 saturated heterocycles. The Balaban J connectivity index is 2.02. The first-order chi connectivity index (χ1) is 11.5. The summed E-state index contributed by atoms with van der Waals surface area (Å²) in [6, 6.07) is 5.48. The van der Waals surface area contributed by atoms with E-state index in [2.05, 4.69) is 10.6 Å². The van der Waals surface area contributed by atoms with Crippen molar-refractivity contribution in [3.63, 3.8) is 0 Å². The highest BCUT2D eigenvalue weighted by Gasteiger charge is 2.24. The van der Waals surface area contributed by atoms with Crippen molar-refractivity contribution in [3.8, 4) is 0 Å². The molecule has 0 spiro atoms. The van der Waals surface area contributed by atoms with Gasteiger partial charge in [0.15, 0.2) is 0 Å². The van der Waals surface area contributed by atoms with Crippen LogP contribution >= 0.6 is 0 Å². The molecule has 1 aliphatic rings. The minimum absolute atomic E-state index is 0.119. The fourth-order valence-corrected chi connectivity index (χ4v) is 3.09. The molecule has 132 valence electrons. The summed E-state index contributed by atoms with van der Waals surface area (Å²) in [6.07, 6.45) is 6.12. The van der Waals surface area contributed by atoms with Crippen molar-refractivity contribution in [1.29, 1.82) is 0 Å². The maximum absolute atomic E-state index is 12.6. The standard InChI is InChI=1S/C19H28N2O3/c1-4-18(24-15-9-6-5-7-10-15)19(23)21-17-12-8-11-16(13(17)2)20-14(3)22/h8,11-12,15,18H,4-7,9-10H2,1-3H3,(H,20,22)(H,21,23)/t18-/m0/s1. The van der Waals surface area contributed by atoms with E-state index in [-0.39, 0.29) is 17.9 Å². The van der Waals surface area contributed by atoms with Crippen LogP contribution in [-0.2, 0) is 14.3 Å². The van der Waals surface area contributed by atoms with Crippen molar-refractivity contribution in [2.45, 2.75) is 71.5 Å². The molecule has 1 fully saturated rings. The molecule has 2 N–H and O–H groups in total. The lowest BCUT2D eigenvalue weighted by Crippen LogP contribution is -2.34. The highest BCUT2D eigenvalue weighted by molar-refractivity contribution is 5.97. The smallest absolute Gasteiger partial charge is 0.253 e. The van der Waals surface area contributed by atoms with E-state index in [0.717, 1.165) is 18.4 Å². The summed E-state index contributed by atoms with van der Waals surface area (Å²) in [4.78, 5) is 23.8. The van der Waals surface area contributed by atoms with Crippen molar-refractivity contribution >= 4 is 23.2 Å². The zero-order chi connectivity index (χ0) is 17.5. The predicted octanol–water partition coefficient (Wildman–Crippen LogP) is 4.02. The van der Waals surface area contributed by atoms with Gasteiger partial charge in [0.25, 0.3) is 5.91 Å². The van der Waals surface area contributed by atoms with Crippen LogP contribution in [0.2, 0.25) is 0 Å². The van der Waals surface area contributed by atoms with Crippen LogP contribution in [0.3, 0.4) is 0 Å². The Kier molecular flexibility index (Phi) is 6.79. The molecule has 24 heavy (non-hydrogen) atoms. The molecule has 1 aromatic carbocycles. The first-order valence-electron chi connectivity index (χ1n) is 8.84. The highest BCUT2D eigenvalue weighted by Crippen LogP contribution is 2.25. The van der Waals surface area contributed by atoms with Crippen molar-refractivity contribution < 1.29 is 14.3 Å². The fourth-order valence-electron chi connectivity index (χ4n) is 3.09. The molecule has 2 amide bonds. The highest BCUT2D eigenvalue weighted by atomic mass is 16.5. The Morgan fingerprint density at radius 1 is 1.17 bits per heavy atom. The van der Waals surface area contributed by atoms with Crippen molar-refractivity contribution in [3.05, 3.63) is 23.8 Å². The number of rotatable bonds is 6. The normalized spacial score (nSPS) is 16.5. The molecular formula is C19H28N2O3. The largest absolute Gasteiger partial charge is 0.365 e. The van der Waals surface area contributed by atoms with E-state index < -0.39 is 6.10 Å². The number of hydrogen-bond donors (Lipinski definition) is 2. The van der Waals surface area contributed by atoms with Gasteiger partial charge in [-0.05, 0) is 43.9 Å². The summed E-state index contributed by atoms with van der Waals surface area (Å²) < 4.78 is 6.03. The van der Waals surface area contributed by atoms with Crippen LogP contribution in [0.1, 0.15) is 57.9 Å². The molecule has 0 radical (unpaired) electrons. The van der Waals surface area contributed by atoms with Gasteiger partial charge in [-0.25, -0.2) is 0 Å². The van der Waals surface area contributed by atoms with Gasteiger partial charge in [-0.15, -0.1) is 0 Å². The molecule has 1 saturated carbocycles. The number of carbonyl (C=O) groups excluding carboxylic acids is 2. The second kappa shape index (κ2) is 8.83. The van der Waals surface area contributed by atoms with Gasteiger partial charge in [0, 0.05) is 18.3 Å². The number of ether oxygens (including phenoxy) is 1. The summed E-state index contributed by atoms with van der Waals surface area (Å²) in [5, 5.41) is 5.72. The SMILES string of the molecule is CC[C@H](OC1CCCCC1)C(=O)Nc1cccc(NC(C)=O)c1C. The number of benzene rings is 1. The molecule has 5 heteroatoms. The molecule has 0 aliphatic heterocycles. The molecule has 0 bridgehead atoms. The fraction of sp³-hybridized carbons (Fsp3) is 0.579. The summed E-state index contributed by atoms with van der Waals surface area (Å²) in [5.74, 6) is -0.250. The van der Waals surface area contributed by atoms with E-state index >= 15 is 0 Å². The molecule has 0 unspecified atom stereocenters. The van der Waals surface area contributed by atoms with Crippen molar-refractivity contribution in [1.82, 2.24) is 0 Å². The van der Waals surface area contributed by atoms with Crippen LogP contribution in [-0.4, -0.2) is 24.0 Å². The molecule has 0 aromatic heterocycles. The summed E-state index contributed by atoms with van der Waals surface area (Å²) in [7, 11) is 0. The molecule has 2 rings (SSSR count). The summed E-state index contributed by atoms with van der Waals surface area (Å²) in [6.45, 7) is 5.31.